The molecule has 1 atom stereocenters. The summed E-state index contributed by atoms with van der Waals surface area (Å²) in [4.78, 5) is 30.9. The molecular weight excluding hydrogens is 464 g/mol. The maximum atomic E-state index is 13.1. The maximum absolute atomic E-state index is 13.1. The lowest BCUT2D eigenvalue weighted by molar-refractivity contribution is -0.116. The molecule has 0 aliphatic heterocycles. The van der Waals surface area contributed by atoms with Crippen molar-refractivity contribution in [3.63, 3.8) is 0 Å². The molecule has 7 nitrogen and oxygen atoms in total. The van der Waals surface area contributed by atoms with Gasteiger partial charge in [-0.3, -0.25) is 9.59 Å². The predicted octanol–water partition coefficient (Wildman–Crippen LogP) is 5.61. The highest BCUT2D eigenvalue weighted by molar-refractivity contribution is 6.31. The van der Waals surface area contributed by atoms with Gasteiger partial charge in [-0.05, 0) is 48.9 Å². The number of hydrogen-bond acceptors (Lipinski definition) is 4. The molecule has 0 aliphatic rings. The monoisotopic (exact) mass is 490 g/mol. The summed E-state index contributed by atoms with van der Waals surface area (Å²) < 4.78 is 7.20. The molecule has 35 heavy (non-hydrogen) atoms. The molecule has 1 aromatic heterocycles. The third-order valence-electron chi connectivity index (χ3n) is 5.65. The van der Waals surface area contributed by atoms with Gasteiger partial charge in [0.05, 0.1) is 29.9 Å². The summed E-state index contributed by atoms with van der Waals surface area (Å²) in [7, 11) is 1.53. The van der Waals surface area contributed by atoms with Gasteiger partial charge in [0.25, 0.3) is 5.91 Å². The van der Waals surface area contributed by atoms with Crippen molar-refractivity contribution in [1.29, 1.82) is 0 Å². The van der Waals surface area contributed by atoms with Crippen molar-refractivity contribution >= 4 is 40.1 Å². The van der Waals surface area contributed by atoms with Crippen molar-refractivity contribution < 1.29 is 14.3 Å². The summed E-state index contributed by atoms with van der Waals surface area (Å²) in [6, 6.07) is 21.4. The third kappa shape index (κ3) is 5.63. The Kier molecular flexibility index (Phi) is 7.67. The number of hydrogen-bond donors (Lipinski definition) is 2. The Morgan fingerprint density at radius 3 is 2.54 bits per heavy atom. The largest absolute Gasteiger partial charge is 0.495 e. The molecule has 2 amide bonds. The fourth-order valence-electron chi connectivity index (χ4n) is 4.02. The van der Waals surface area contributed by atoms with Crippen LogP contribution in [0.2, 0.25) is 5.02 Å². The maximum Gasteiger partial charge on any atom is 0.251 e. The van der Waals surface area contributed by atoms with E-state index in [2.05, 4.69) is 10.6 Å². The number of anilines is 1. The Balaban J connectivity index is 1.66. The van der Waals surface area contributed by atoms with Gasteiger partial charge < -0.3 is 19.9 Å². The number of fused-ring (bicyclic) bond motifs is 1. The second-order valence-electron chi connectivity index (χ2n) is 8.12. The van der Waals surface area contributed by atoms with Crippen molar-refractivity contribution in [2.75, 3.05) is 12.4 Å². The van der Waals surface area contributed by atoms with E-state index in [0.717, 1.165) is 17.5 Å². The summed E-state index contributed by atoms with van der Waals surface area (Å²) in [5.74, 6) is 0.693. The van der Waals surface area contributed by atoms with Crippen LogP contribution in [0.15, 0.2) is 72.8 Å². The smallest absolute Gasteiger partial charge is 0.251 e. The van der Waals surface area contributed by atoms with Crippen molar-refractivity contribution in [3.8, 4) is 5.75 Å². The fraction of sp³-hybridized carbons (Fsp3) is 0.222. The predicted molar refractivity (Wildman–Crippen MR) is 138 cm³/mol. The van der Waals surface area contributed by atoms with Crippen LogP contribution in [0.25, 0.3) is 11.0 Å². The molecule has 1 heterocycles. The first-order chi connectivity index (χ1) is 17.0. The highest BCUT2D eigenvalue weighted by Crippen LogP contribution is 2.28. The van der Waals surface area contributed by atoms with Crippen molar-refractivity contribution in [1.82, 2.24) is 14.9 Å². The first kappa shape index (κ1) is 24.3. The summed E-state index contributed by atoms with van der Waals surface area (Å²) >= 11 is 6.12. The number of carbonyl (C=O) groups is 2. The van der Waals surface area contributed by atoms with Gasteiger partial charge in [0.2, 0.25) is 5.91 Å². The molecule has 0 radical (unpaired) electrons. The number of imidazole rings is 1. The molecule has 0 fully saturated rings. The van der Waals surface area contributed by atoms with Gasteiger partial charge in [-0.25, -0.2) is 4.98 Å². The zero-order valence-corrected chi connectivity index (χ0v) is 20.4. The number of nitrogens with one attached hydrogen (secondary N) is 2. The highest BCUT2D eigenvalue weighted by Gasteiger charge is 2.23. The zero-order valence-electron chi connectivity index (χ0n) is 19.6. The number of amides is 2. The average molecular weight is 491 g/mol. The minimum Gasteiger partial charge on any atom is -0.495 e. The molecule has 8 heteroatoms. The molecule has 0 aliphatic carbocycles. The third-order valence-corrected chi connectivity index (χ3v) is 5.89. The van der Waals surface area contributed by atoms with Gasteiger partial charge in [-0.2, -0.15) is 0 Å². The standard InChI is InChI=1S/C27H27ClN4O3/c1-3-9-21(31-27(34)18-10-5-4-6-11-18)26-30-20-12-7-8-13-23(20)32(26)17-25(33)29-22-16-19(28)14-15-24(22)35-2/h4-8,10-16,21H,3,9,17H2,1-2H3,(H,29,33)(H,31,34)/t21-/m0/s1. The second kappa shape index (κ2) is 11.1. The molecule has 4 aromatic rings. The molecule has 0 saturated heterocycles. The van der Waals surface area contributed by atoms with Gasteiger partial charge in [-0.15, -0.1) is 0 Å². The van der Waals surface area contributed by atoms with Crippen LogP contribution in [0.3, 0.4) is 0 Å². The van der Waals surface area contributed by atoms with E-state index in [1.165, 1.54) is 7.11 Å². The van der Waals surface area contributed by atoms with Gasteiger partial charge in [0.1, 0.15) is 18.1 Å². The summed E-state index contributed by atoms with van der Waals surface area (Å²) in [6.45, 7) is 2.06. The second-order valence-corrected chi connectivity index (χ2v) is 8.55. The Labute approximate surface area is 209 Å². The van der Waals surface area contributed by atoms with Crippen molar-refractivity contribution in [2.45, 2.75) is 32.4 Å². The molecule has 180 valence electrons. The first-order valence-corrected chi connectivity index (χ1v) is 11.8. The van der Waals surface area contributed by atoms with Gasteiger partial charge in [0.15, 0.2) is 0 Å². The number of methoxy groups -OCH3 is 1. The summed E-state index contributed by atoms with van der Waals surface area (Å²) in [6.07, 6.45) is 1.50. The highest BCUT2D eigenvalue weighted by atomic mass is 35.5. The molecule has 0 bridgehead atoms. The van der Waals surface area contributed by atoms with Crippen LogP contribution in [0.1, 0.15) is 42.0 Å². The number of para-hydroxylation sites is 2. The average Bonchev–Trinajstić information content (AvgIpc) is 3.22. The SMILES string of the molecule is CCC[C@H](NC(=O)c1ccccc1)c1nc2ccccc2n1CC(=O)Nc1cc(Cl)ccc1OC. The number of ether oxygens (including phenoxy) is 1. The van der Waals surface area contributed by atoms with Crippen molar-refractivity contribution in [3.05, 3.63) is 89.2 Å². The molecule has 0 spiro atoms. The summed E-state index contributed by atoms with van der Waals surface area (Å²) in [5.41, 5.74) is 2.62. The lowest BCUT2D eigenvalue weighted by Gasteiger charge is -2.20. The van der Waals surface area contributed by atoms with Crippen LogP contribution < -0.4 is 15.4 Å². The van der Waals surface area contributed by atoms with Crippen LogP contribution in [-0.4, -0.2) is 28.5 Å². The van der Waals surface area contributed by atoms with E-state index in [1.54, 1.807) is 30.3 Å². The van der Waals surface area contributed by atoms with E-state index in [9.17, 15) is 9.59 Å². The van der Waals surface area contributed by atoms with Gasteiger partial charge in [0, 0.05) is 10.6 Å². The lowest BCUT2D eigenvalue weighted by Crippen LogP contribution is -2.31. The number of aromatic nitrogens is 2. The Morgan fingerprint density at radius 1 is 1.06 bits per heavy atom. The minimum atomic E-state index is -0.367. The van der Waals surface area contributed by atoms with E-state index in [-0.39, 0.29) is 24.4 Å². The number of benzene rings is 3. The fourth-order valence-corrected chi connectivity index (χ4v) is 4.20. The number of rotatable bonds is 9. The lowest BCUT2D eigenvalue weighted by atomic mass is 10.1. The Bertz CT molecular complexity index is 1340. The molecule has 0 saturated carbocycles. The van der Waals surface area contributed by atoms with Crippen LogP contribution in [0, 0.1) is 0 Å². The minimum absolute atomic E-state index is 0.00688. The number of nitrogens with zero attached hydrogens (tertiary/aromatic N) is 2. The molecule has 4 rings (SSSR count). The Hall–Kier alpha value is -3.84. The van der Waals surface area contributed by atoms with Crippen LogP contribution >= 0.6 is 11.6 Å². The zero-order chi connectivity index (χ0) is 24.8. The molecule has 3 aromatic carbocycles. The quantitative estimate of drug-likeness (QED) is 0.319. The van der Waals surface area contributed by atoms with Crippen LogP contribution in [-0.2, 0) is 11.3 Å². The number of carbonyl (C=O) groups excluding carboxylic acids is 2. The summed E-state index contributed by atoms with van der Waals surface area (Å²) in [5, 5.41) is 6.48. The van der Waals surface area contributed by atoms with E-state index in [1.807, 2.05) is 54.0 Å². The van der Waals surface area contributed by atoms with E-state index in [4.69, 9.17) is 21.3 Å². The van der Waals surface area contributed by atoms with Gasteiger partial charge >= 0.3 is 0 Å². The number of halogens is 1. The molecule has 2 N–H and O–H groups in total. The van der Waals surface area contributed by atoms with E-state index >= 15 is 0 Å². The van der Waals surface area contributed by atoms with E-state index < -0.39 is 0 Å². The van der Waals surface area contributed by atoms with Crippen molar-refractivity contribution in [2.24, 2.45) is 0 Å². The normalized spacial score (nSPS) is 11.7. The van der Waals surface area contributed by atoms with Crippen LogP contribution in [0.4, 0.5) is 5.69 Å². The molecular formula is C27H27ClN4O3. The first-order valence-electron chi connectivity index (χ1n) is 11.4. The van der Waals surface area contributed by atoms with E-state index in [0.29, 0.717) is 34.3 Å². The van der Waals surface area contributed by atoms with Crippen LogP contribution in [0.5, 0.6) is 5.75 Å². The Morgan fingerprint density at radius 2 is 1.80 bits per heavy atom. The topological polar surface area (TPSA) is 85.2 Å². The van der Waals surface area contributed by atoms with Gasteiger partial charge in [-0.1, -0.05) is 55.3 Å². The molecule has 0 unspecified atom stereocenters.